The molecule has 7 nitrogen and oxygen atoms in total. The monoisotopic (exact) mass is 526 g/mol. The van der Waals surface area contributed by atoms with Crippen molar-refractivity contribution in [1.82, 2.24) is 19.5 Å². The van der Waals surface area contributed by atoms with Crippen molar-refractivity contribution in [2.45, 2.75) is 51.8 Å². The number of fused-ring (bicyclic) bond motifs is 1. The first kappa shape index (κ1) is 26.8. The van der Waals surface area contributed by atoms with E-state index < -0.39 is 5.41 Å². The Morgan fingerprint density at radius 2 is 1.85 bits per heavy atom. The fourth-order valence-electron chi connectivity index (χ4n) is 5.43. The van der Waals surface area contributed by atoms with Crippen molar-refractivity contribution in [3.8, 4) is 17.2 Å². The van der Waals surface area contributed by atoms with Gasteiger partial charge in [-0.3, -0.25) is 4.90 Å². The van der Waals surface area contributed by atoms with Gasteiger partial charge in [-0.15, -0.1) is 5.10 Å². The molecule has 2 aromatic heterocycles. The van der Waals surface area contributed by atoms with Crippen LogP contribution in [-0.2, 0) is 16.8 Å². The third-order valence-electron chi connectivity index (χ3n) is 7.52. The van der Waals surface area contributed by atoms with Crippen molar-refractivity contribution < 1.29 is 9.13 Å². The summed E-state index contributed by atoms with van der Waals surface area (Å²) in [5.41, 5.74) is 4.43. The van der Waals surface area contributed by atoms with Crippen molar-refractivity contribution >= 4 is 11.5 Å². The summed E-state index contributed by atoms with van der Waals surface area (Å²) < 4.78 is 21.2. The minimum Gasteiger partial charge on any atom is -0.376 e. The van der Waals surface area contributed by atoms with Crippen LogP contribution in [0.2, 0.25) is 0 Å². The first-order valence-electron chi connectivity index (χ1n) is 13.4. The molecule has 0 aliphatic carbocycles. The fourth-order valence-corrected chi connectivity index (χ4v) is 5.43. The molecular formula is C31H35FN6O. The summed E-state index contributed by atoms with van der Waals surface area (Å²) in [6, 6.07) is 19.0. The Labute approximate surface area is 229 Å². The number of hydrogen-bond donors (Lipinski definition) is 0. The van der Waals surface area contributed by atoms with Gasteiger partial charge in [-0.1, -0.05) is 56.3 Å². The van der Waals surface area contributed by atoms with Crippen LogP contribution in [0.25, 0.3) is 16.8 Å². The summed E-state index contributed by atoms with van der Waals surface area (Å²) >= 11 is 0. The van der Waals surface area contributed by atoms with Gasteiger partial charge in [-0.2, -0.15) is 9.78 Å². The number of ether oxygens (including phenoxy) is 1. The van der Waals surface area contributed by atoms with Crippen molar-refractivity contribution in [2.24, 2.45) is 0 Å². The van der Waals surface area contributed by atoms with Crippen LogP contribution in [0.1, 0.15) is 49.2 Å². The molecule has 1 unspecified atom stereocenters. The van der Waals surface area contributed by atoms with Gasteiger partial charge >= 0.3 is 0 Å². The molecule has 3 heterocycles. The zero-order chi connectivity index (χ0) is 27.7. The molecule has 0 bridgehead atoms. The average molecular weight is 527 g/mol. The fraction of sp³-hybridized carbons (Fsp3) is 0.387. The predicted molar refractivity (Wildman–Crippen MR) is 151 cm³/mol. The smallest absolute Gasteiger partial charge is 0.176 e. The lowest BCUT2D eigenvalue weighted by Gasteiger charge is -2.33. The predicted octanol–water partition coefficient (Wildman–Crippen LogP) is 5.70. The number of halogens is 1. The molecule has 0 spiro atoms. The lowest BCUT2D eigenvalue weighted by atomic mass is 9.94. The number of aromatic nitrogens is 3. The Bertz CT molecular complexity index is 1500. The molecule has 2 aromatic carbocycles. The zero-order valence-corrected chi connectivity index (χ0v) is 23.3. The van der Waals surface area contributed by atoms with Crippen LogP contribution in [0.4, 0.5) is 10.2 Å². The van der Waals surface area contributed by atoms with E-state index in [2.05, 4.69) is 42.1 Å². The van der Waals surface area contributed by atoms with Crippen LogP contribution >= 0.6 is 0 Å². The summed E-state index contributed by atoms with van der Waals surface area (Å²) in [6.45, 7) is 7.72. The van der Waals surface area contributed by atoms with Gasteiger partial charge in [-0.25, -0.2) is 9.37 Å². The van der Waals surface area contributed by atoms with Crippen LogP contribution in [0.3, 0.4) is 0 Å². The number of pyridine rings is 1. The largest absolute Gasteiger partial charge is 0.376 e. The first-order chi connectivity index (χ1) is 18.7. The Morgan fingerprint density at radius 1 is 1.13 bits per heavy atom. The Hall–Kier alpha value is -3.80. The van der Waals surface area contributed by atoms with Gasteiger partial charge in [-0.05, 0) is 62.7 Å². The minimum absolute atomic E-state index is 0.211. The Kier molecular flexibility index (Phi) is 7.39. The molecular weight excluding hydrogens is 491 g/mol. The summed E-state index contributed by atoms with van der Waals surface area (Å²) in [5, 5.41) is 15.3. The molecule has 5 rings (SSSR count). The van der Waals surface area contributed by atoms with Gasteiger partial charge in [0.25, 0.3) is 0 Å². The summed E-state index contributed by atoms with van der Waals surface area (Å²) in [4.78, 5) is 9.59. The molecule has 1 aliphatic heterocycles. The average Bonchev–Trinajstić information content (AvgIpc) is 3.58. The van der Waals surface area contributed by atoms with E-state index in [4.69, 9.17) is 14.8 Å². The number of benzene rings is 2. The molecule has 8 heteroatoms. The summed E-state index contributed by atoms with van der Waals surface area (Å²) in [7, 11) is 4.21. The van der Waals surface area contributed by atoms with E-state index in [1.807, 2.05) is 43.5 Å². The lowest BCUT2D eigenvalue weighted by molar-refractivity contribution is 0.0797. The van der Waals surface area contributed by atoms with Crippen LogP contribution in [-0.4, -0.2) is 52.9 Å². The standard InChI is InChI=1S/C31H35FN6O/c1-21-25(18-33)28-34-30(31(2,3)20-39-19-22-13-15-24(32)16-14-22)35-38(28)29(27(21)23-10-7-6-8-11-23)37-17-9-12-26(37)36(4)5/h6-8,10-11,13-16,26H,9,12,17,19-20H2,1-5H3. The van der Waals surface area contributed by atoms with Crippen molar-refractivity contribution in [1.29, 1.82) is 5.26 Å². The second-order valence-electron chi connectivity index (χ2n) is 11.1. The molecule has 0 N–H and O–H groups in total. The molecule has 0 radical (unpaired) electrons. The number of hydrogen-bond acceptors (Lipinski definition) is 6. The van der Waals surface area contributed by atoms with Gasteiger partial charge in [0, 0.05) is 17.5 Å². The SMILES string of the molecule is Cc1c(-c2ccccc2)c(N2CCCC2N(C)C)n2nc(C(C)(C)COCc3ccc(F)cc3)nc2c1C#N. The van der Waals surface area contributed by atoms with E-state index in [1.165, 1.54) is 12.1 Å². The third-order valence-corrected chi connectivity index (χ3v) is 7.52. The van der Waals surface area contributed by atoms with Crippen LogP contribution in [0.5, 0.6) is 0 Å². The molecule has 1 saturated heterocycles. The number of rotatable bonds is 8. The van der Waals surface area contributed by atoms with Gasteiger partial charge < -0.3 is 9.64 Å². The topological polar surface area (TPSA) is 69.7 Å². The number of nitriles is 1. The highest BCUT2D eigenvalue weighted by Gasteiger charge is 2.35. The van der Waals surface area contributed by atoms with Crippen LogP contribution < -0.4 is 4.90 Å². The number of nitrogens with zero attached hydrogens (tertiary/aromatic N) is 6. The Balaban J connectivity index is 1.62. The van der Waals surface area contributed by atoms with Crippen molar-refractivity contribution in [2.75, 3.05) is 32.1 Å². The van der Waals surface area contributed by atoms with E-state index >= 15 is 0 Å². The van der Waals surface area contributed by atoms with E-state index in [-0.39, 0.29) is 12.0 Å². The maximum atomic E-state index is 13.3. The molecule has 0 amide bonds. The van der Waals surface area contributed by atoms with E-state index in [1.54, 1.807) is 12.1 Å². The maximum Gasteiger partial charge on any atom is 0.176 e. The van der Waals surface area contributed by atoms with Gasteiger partial charge in [0.15, 0.2) is 11.5 Å². The van der Waals surface area contributed by atoms with Crippen molar-refractivity contribution in [3.63, 3.8) is 0 Å². The van der Waals surface area contributed by atoms with Gasteiger partial charge in [0.05, 0.1) is 19.4 Å². The normalized spacial score (nSPS) is 15.8. The molecule has 1 fully saturated rings. The maximum absolute atomic E-state index is 13.3. The van der Waals surface area contributed by atoms with Gasteiger partial charge in [0.2, 0.25) is 0 Å². The van der Waals surface area contributed by atoms with E-state index in [0.717, 1.165) is 47.5 Å². The highest BCUT2D eigenvalue weighted by atomic mass is 19.1. The minimum atomic E-state index is -0.525. The van der Waals surface area contributed by atoms with Crippen LogP contribution in [0.15, 0.2) is 54.6 Å². The molecule has 1 atom stereocenters. The summed E-state index contributed by atoms with van der Waals surface area (Å²) in [6.07, 6.45) is 2.33. The number of anilines is 1. The zero-order valence-electron chi connectivity index (χ0n) is 23.3. The third kappa shape index (κ3) is 5.12. The lowest BCUT2D eigenvalue weighted by Crippen LogP contribution is -2.41. The molecule has 39 heavy (non-hydrogen) atoms. The van der Waals surface area contributed by atoms with Crippen LogP contribution in [0, 0.1) is 24.1 Å². The van der Waals surface area contributed by atoms with E-state index in [0.29, 0.717) is 30.2 Å². The van der Waals surface area contributed by atoms with Gasteiger partial charge in [0.1, 0.15) is 23.3 Å². The second kappa shape index (κ2) is 10.8. The second-order valence-corrected chi connectivity index (χ2v) is 11.1. The highest BCUT2D eigenvalue weighted by molar-refractivity contribution is 5.85. The molecule has 0 saturated carbocycles. The molecule has 4 aromatic rings. The highest BCUT2D eigenvalue weighted by Crippen LogP contribution is 2.40. The Morgan fingerprint density at radius 3 is 2.51 bits per heavy atom. The molecule has 1 aliphatic rings. The van der Waals surface area contributed by atoms with Crippen molar-refractivity contribution in [3.05, 3.63) is 82.9 Å². The quantitative estimate of drug-likeness (QED) is 0.293. The molecule has 202 valence electrons. The van der Waals surface area contributed by atoms with E-state index in [9.17, 15) is 9.65 Å². The first-order valence-corrected chi connectivity index (χ1v) is 13.4. The summed E-state index contributed by atoms with van der Waals surface area (Å²) in [5.74, 6) is 1.31.